The van der Waals surface area contributed by atoms with Crippen LogP contribution in [0.2, 0.25) is 0 Å². The Labute approximate surface area is 87.3 Å². The van der Waals surface area contributed by atoms with Crippen molar-refractivity contribution in [1.29, 1.82) is 0 Å². The summed E-state index contributed by atoms with van der Waals surface area (Å²) in [6, 6.07) is 0. The molecule has 0 aromatic rings. The predicted molar refractivity (Wildman–Crippen MR) is 52.3 cm³/mol. The summed E-state index contributed by atoms with van der Waals surface area (Å²) in [6.07, 6.45) is -0.402. The molecule has 0 aromatic carbocycles. The zero-order valence-electron chi connectivity index (χ0n) is 9.02. The summed E-state index contributed by atoms with van der Waals surface area (Å²) in [5, 5.41) is 9.76. The lowest BCUT2D eigenvalue weighted by Crippen LogP contribution is -2.48. The second kappa shape index (κ2) is 3.37. The summed E-state index contributed by atoms with van der Waals surface area (Å²) in [6.45, 7) is 4.65. The van der Waals surface area contributed by atoms with Crippen molar-refractivity contribution in [2.45, 2.75) is 39.0 Å². The predicted octanol–water partition coefficient (Wildman–Crippen LogP) is 3.21. The van der Waals surface area contributed by atoms with E-state index in [4.69, 9.17) is 0 Å². The first kappa shape index (κ1) is 12.3. The molecule has 0 aromatic heterocycles. The van der Waals surface area contributed by atoms with E-state index in [9.17, 15) is 18.3 Å². The van der Waals surface area contributed by atoms with Gasteiger partial charge in [-0.1, -0.05) is 32.1 Å². The van der Waals surface area contributed by atoms with Gasteiger partial charge in [-0.15, -0.1) is 0 Å². The van der Waals surface area contributed by atoms with E-state index >= 15 is 0 Å². The molecule has 0 heterocycles. The Hall–Kier alpha value is -0.770. The first-order valence-electron chi connectivity index (χ1n) is 4.74. The molecule has 1 aliphatic rings. The second-order valence-electron chi connectivity index (χ2n) is 4.73. The van der Waals surface area contributed by atoms with Gasteiger partial charge < -0.3 is 5.11 Å². The van der Waals surface area contributed by atoms with Crippen LogP contribution in [0, 0.1) is 5.41 Å². The van der Waals surface area contributed by atoms with E-state index in [0.717, 1.165) is 0 Å². The van der Waals surface area contributed by atoms with E-state index in [1.807, 2.05) is 0 Å². The molecule has 0 saturated heterocycles. The number of alkyl halides is 3. The molecular formula is C11H15F3O. The average molecular weight is 220 g/mol. The van der Waals surface area contributed by atoms with E-state index in [2.05, 4.69) is 0 Å². The van der Waals surface area contributed by atoms with E-state index < -0.39 is 17.2 Å². The minimum atomic E-state index is -4.63. The quantitative estimate of drug-likeness (QED) is 0.664. The molecule has 1 unspecified atom stereocenters. The number of rotatable bonds is 0. The van der Waals surface area contributed by atoms with E-state index in [-0.39, 0.29) is 12.0 Å². The molecule has 1 N–H and O–H groups in total. The number of aliphatic hydroxyl groups is 1. The van der Waals surface area contributed by atoms with Gasteiger partial charge in [-0.3, -0.25) is 0 Å². The van der Waals surface area contributed by atoms with Crippen molar-refractivity contribution in [3.8, 4) is 0 Å². The monoisotopic (exact) mass is 220 g/mol. The summed E-state index contributed by atoms with van der Waals surface area (Å²) in [7, 11) is 0. The lowest BCUT2D eigenvalue weighted by atomic mass is 9.78. The van der Waals surface area contributed by atoms with Gasteiger partial charge in [0.25, 0.3) is 0 Å². The van der Waals surface area contributed by atoms with Crippen LogP contribution in [0.1, 0.15) is 27.2 Å². The highest BCUT2D eigenvalue weighted by Crippen LogP contribution is 2.45. The highest BCUT2D eigenvalue weighted by Gasteiger charge is 2.56. The molecule has 1 atom stereocenters. The van der Waals surface area contributed by atoms with Gasteiger partial charge in [0.1, 0.15) is 0 Å². The van der Waals surface area contributed by atoms with E-state index in [1.165, 1.54) is 13.0 Å². The van der Waals surface area contributed by atoms with Gasteiger partial charge in [-0.05, 0) is 24.3 Å². The fraction of sp³-hybridized carbons (Fsp3) is 0.636. The van der Waals surface area contributed by atoms with Crippen LogP contribution in [-0.2, 0) is 0 Å². The number of halogens is 3. The van der Waals surface area contributed by atoms with E-state index in [0.29, 0.717) is 0 Å². The van der Waals surface area contributed by atoms with E-state index in [1.54, 1.807) is 26.0 Å². The van der Waals surface area contributed by atoms with Gasteiger partial charge in [0, 0.05) is 0 Å². The van der Waals surface area contributed by atoms with Crippen LogP contribution in [0.25, 0.3) is 0 Å². The Morgan fingerprint density at radius 1 is 1.33 bits per heavy atom. The smallest absolute Gasteiger partial charge is 0.376 e. The Kier molecular flexibility index (Phi) is 2.76. The average Bonchev–Trinajstić information content (AvgIpc) is 2.08. The molecule has 1 nitrogen and oxygen atoms in total. The molecule has 0 aliphatic heterocycles. The summed E-state index contributed by atoms with van der Waals surface area (Å²) in [5.74, 6) is 0. The van der Waals surface area contributed by atoms with Gasteiger partial charge in [0.05, 0.1) is 0 Å². The highest BCUT2D eigenvalue weighted by molar-refractivity contribution is 5.27. The molecule has 0 bridgehead atoms. The van der Waals surface area contributed by atoms with Gasteiger partial charge in [-0.2, -0.15) is 13.2 Å². The maximum Gasteiger partial charge on any atom is 0.421 e. The van der Waals surface area contributed by atoms with Crippen molar-refractivity contribution >= 4 is 0 Å². The van der Waals surface area contributed by atoms with Crippen molar-refractivity contribution in [3.05, 3.63) is 23.8 Å². The molecular weight excluding hydrogens is 205 g/mol. The summed E-state index contributed by atoms with van der Waals surface area (Å²) >= 11 is 0. The fourth-order valence-corrected chi connectivity index (χ4v) is 1.77. The molecule has 0 saturated carbocycles. The molecule has 0 amide bonds. The van der Waals surface area contributed by atoms with Crippen molar-refractivity contribution in [2.24, 2.45) is 5.41 Å². The molecule has 1 aliphatic carbocycles. The van der Waals surface area contributed by atoms with Crippen molar-refractivity contribution in [3.63, 3.8) is 0 Å². The van der Waals surface area contributed by atoms with Crippen LogP contribution in [0.5, 0.6) is 0 Å². The SMILES string of the molecule is CC1=CC=CC(C)(C)CC1(O)C(F)(F)F. The van der Waals surface area contributed by atoms with Gasteiger partial charge >= 0.3 is 6.18 Å². The van der Waals surface area contributed by atoms with Crippen LogP contribution in [0.3, 0.4) is 0 Å². The van der Waals surface area contributed by atoms with Gasteiger partial charge in [-0.25, -0.2) is 0 Å². The molecule has 86 valence electrons. The third-order valence-corrected chi connectivity index (χ3v) is 2.73. The number of hydrogen-bond acceptors (Lipinski definition) is 1. The second-order valence-corrected chi connectivity index (χ2v) is 4.73. The summed E-state index contributed by atoms with van der Waals surface area (Å²) in [5.41, 5.74) is -3.43. The van der Waals surface area contributed by atoms with Gasteiger partial charge in [0.2, 0.25) is 0 Å². The van der Waals surface area contributed by atoms with Crippen molar-refractivity contribution < 1.29 is 18.3 Å². The van der Waals surface area contributed by atoms with Gasteiger partial charge in [0.15, 0.2) is 5.60 Å². The number of allylic oxidation sites excluding steroid dienone is 3. The molecule has 1 rings (SSSR count). The zero-order chi connectivity index (χ0) is 11.9. The first-order chi connectivity index (χ1) is 6.58. The van der Waals surface area contributed by atoms with Crippen molar-refractivity contribution in [1.82, 2.24) is 0 Å². The van der Waals surface area contributed by atoms with Crippen LogP contribution in [0.15, 0.2) is 23.8 Å². The molecule has 0 spiro atoms. The maximum absolute atomic E-state index is 12.8. The lowest BCUT2D eigenvalue weighted by molar-refractivity contribution is -0.251. The minimum Gasteiger partial charge on any atom is -0.376 e. The Balaban J connectivity index is 3.18. The van der Waals surface area contributed by atoms with Crippen LogP contribution in [0.4, 0.5) is 13.2 Å². The Morgan fingerprint density at radius 2 is 1.87 bits per heavy atom. The van der Waals surface area contributed by atoms with Crippen LogP contribution in [-0.4, -0.2) is 16.9 Å². The maximum atomic E-state index is 12.8. The Morgan fingerprint density at radius 3 is 2.33 bits per heavy atom. The van der Waals surface area contributed by atoms with Crippen LogP contribution >= 0.6 is 0 Å². The molecule has 0 radical (unpaired) electrons. The normalized spacial score (nSPS) is 31.0. The highest BCUT2D eigenvalue weighted by atomic mass is 19.4. The first-order valence-corrected chi connectivity index (χ1v) is 4.74. The zero-order valence-corrected chi connectivity index (χ0v) is 9.02. The third-order valence-electron chi connectivity index (χ3n) is 2.73. The summed E-state index contributed by atoms with van der Waals surface area (Å²) < 4.78 is 38.3. The Bertz CT molecular complexity index is 312. The standard InChI is InChI=1S/C11H15F3O/c1-8-5-4-6-9(2,3)7-10(8,15)11(12,13)14/h4-6,15H,7H2,1-3H3. The number of hydrogen-bond donors (Lipinski definition) is 1. The molecule has 0 fully saturated rings. The lowest BCUT2D eigenvalue weighted by Gasteiger charge is -2.35. The van der Waals surface area contributed by atoms with Crippen LogP contribution < -0.4 is 0 Å². The van der Waals surface area contributed by atoms with Crippen molar-refractivity contribution in [2.75, 3.05) is 0 Å². The summed E-state index contributed by atoms with van der Waals surface area (Å²) in [4.78, 5) is 0. The largest absolute Gasteiger partial charge is 0.421 e. The minimum absolute atomic E-state index is 0.0585. The topological polar surface area (TPSA) is 20.2 Å². The molecule has 15 heavy (non-hydrogen) atoms. The third kappa shape index (κ3) is 2.25. The fourth-order valence-electron chi connectivity index (χ4n) is 1.77. The molecule has 4 heteroatoms.